The number of hydrogen-bond acceptors (Lipinski definition) is 7. The van der Waals surface area contributed by atoms with Crippen LogP contribution in [0.2, 0.25) is 5.02 Å². The molecule has 2 aromatic carbocycles. The molecule has 0 fully saturated rings. The van der Waals surface area contributed by atoms with Crippen LogP contribution in [0.3, 0.4) is 0 Å². The van der Waals surface area contributed by atoms with E-state index in [4.69, 9.17) is 21.1 Å². The number of carbonyl (C=O) groups excluding carboxylic acids is 1. The number of amides is 1. The van der Waals surface area contributed by atoms with Gasteiger partial charge in [-0.25, -0.2) is 9.97 Å². The highest BCUT2D eigenvalue weighted by Crippen LogP contribution is 2.39. The number of ether oxygens (including phenoxy) is 2. The maximum Gasteiger partial charge on any atom is 0.273 e. The highest BCUT2D eigenvalue weighted by molar-refractivity contribution is 7.13. The first kappa shape index (κ1) is 23.7. The van der Waals surface area contributed by atoms with Gasteiger partial charge in [-0.15, -0.1) is 11.3 Å². The van der Waals surface area contributed by atoms with Crippen molar-refractivity contribution in [2.24, 2.45) is 0 Å². The number of halogens is 1. The predicted octanol–water partition coefficient (Wildman–Crippen LogP) is 4.77. The fourth-order valence-corrected chi connectivity index (χ4v) is 4.63. The second-order valence-corrected chi connectivity index (χ2v) is 8.77. The molecular formula is C24H23ClN4O4S. The average molecular weight is 499 g/mol. The minimum Gasteiger partial charge on any atom is -0.493 e. The first-order valence-electron chi connectivity index (χ1n) is 10.6. The summed E-state index contributed by atoms with van der Waals surface area (Å²) in [6, 6.07) is 10.4. The van der Waals surface area contributed by atoms with Crippen molar-refractivity contribution in [1.82, 2.24) is 19.9 Å². The van der Waals surface area contributed by atoms with Crippen LogP contribution in [-0.2, 0) is 6.54 Å². The Morgan fingerprint density at radius 1 is 1.18 bits per heavy atom. The van der Waals surface area contributed by atoms with Gasteiger partial charge in [0.05, 0.1) is 37.2 Å². The maximum atomic E-state index is 13.3. The van der Waals surface area contributed by atoms with E-state index in [1.165, 1.54) is 11.3 Å². The molecule has 1 amide bonds. The standard InChI is InChI=1S/C24H23ClN4O4S/c1-4-10-29(12-20-26-17-11-14(25)8-9-15(17)22(30)28-20)24(31)18-13-34-23(27-18)16-6-5-7-19(32-2)21(16)33-3/h5-9,11,13H,4,10,12H2,1-3H3,(H,26,28,30). The van der Waals surface area contributed by atoms with Crippen molar-refractivity contribution in [3.05, 3.63) is 68.7 Å². The molecule has 8 nitrogen and oxygen atoms in total. The minimum absolute atomic E-state index is 0.139. The summed E-state index contributed by atoms with van der Waals surface area (Å²) in [5.74, 6) is 1.27. The van der Waals surface area contributed by atoms with Crippen LogP contribution >= 0.6 is 22.9 Å². The number of aromatic nitrogens is 3. The third-order valence-electron chi connectivity index (χ3n) is 5.20. The lowest BCUT2D eigenvalue weighted by atomic mass is 10.2. The van der Waals surface area contributed by atoms with Gasteiger partial charge in [0.15, 0.2) is 11.5 Å². The van der Waals surface area contributed by atoms with Crippen LogP contribution in [-0.4, -0.2) is 46.5 Å². The number of rotatable bonds is 8. The number of fused-ring (bicyclic) bond motifs is 1. The first-order valence-corrected chi connectivity index (χ1v) is 11.9. The van der Waals surface area contributed by atoms with Crippen LogP contribution in [0.25, 0.3) is 21.5 Å². The molecule has 0 aliphatic carbocycles. The van der Waals surface area contributed by atoms with Crippen LogP contribution in [0.4, 0.5) is 0 Å². The molecule has 0 aliphatic rings. The molecule has 1 N–H and O–H groups in total. The lowest BCUT2D eigenvalue weighted by molar-refractivity contribution is 0.0734. The molecule has 0 atom stereocenters. The smallest absolute Gasteiger partial charge is 0.273 e. The van der Waals surface area contributed by atoms with Gasteiger partial charge >= 0.3 is 0 Å². The third kappa shape index (κ3) is 4.76. The summed E-state index contributed by atoms with van der Waals surface area (Å²) in [6.45, 7) is 2.59. The van der Waals surface area contributed by atoms with E-state index in [0.717, 1.165) is 12.0 Å². The topological polar surface area (TPSA) is 97.4 Å². The Morgan fingerprint density at radius 2 is 2.00 bits per heavy atom. The lowest BCUT2D eigenvalue weighted by Crippen LogP contribution is -2.33. The largest absolute Gasteiger partial charge is 0.493 e. The van der Waals surface area contributed by atoms with E-state index in [1.807, 2.05) is 19.1 Å². The van der Waals surface area contributed by atoms with Crippen LogP contribution in [0, 0.1) is 0 Å². The fraction of sp³-hybridized carbons (Fsp3) is 0.250. The number of aromatic amines is 1. The second kappa shape index (κ2) is 10.2. The normalized spacial score (nSPS) is 10.9. The van der Waals surface area contributed by atoms with Gasteiger partial charge in [-0.05, 0) is 36.8 Å². The van der Waals surface area contributed by atoms with E-state index >= 15 is 0 Å². The Kier molecular flexibility index (Phi) is 7.14. The van der Waals surface area contributed by atoms with Gasteiger partial charge in [-0.2, -0.15) is 0 Å². The molecule has 0 radical (unpaired) electrons. The highest BCUT2D eigenvalue weighted by Gasteiger charge is 2.22. The molecule has 10 heteroatoms. The summed E-state index contributed by atoms with van der Waals surface area (Å²) in [4.78, 5) is 39.3. The molecular weight excluding hydrogens is 476 g/mol. The number of methoxy groups -OCH3 is 2. The highest BCUT2D eigenvalue weighted by atomic mass is 35.5. The van der Waals surface area contributed by atoms with Crippen molar-refractivity contribution >= 4 is 39.7 Å². The minimum atomic E-state index is -0.276. The second-order valence-electron chi connectivity index (χ2n) is 7.48. The number of benzene rings is 2. The molecule has 0 spiro atoms. The number of nitrogens with zero attached hydrogens (tertiary/aromatic N) is 3. The van der Waals surface area contributed by atoms with Gasteiger partial charge in [-0.1, -0.05) is 24.6 Å². The van der Waals surface area contributed by atoms with Gasteiger partial charge < -0.3 is 19.4 Å². The van der Waals surface area contributed by atoms with E-state index < -0.39 is 0 Å². The van der Waals surface area contributed by atoms with Crippen molar-refractivity contribution in [1.29, 1.82) is 0 Å². The van der Waals surface area contributed by atoms with Gasteiger partial charge in [0.2, 0.25) is 0 Å². The molecule has 2 aromatic heterocycles. The van der Waals surface area contributed by atoms with Crippen molar-refractivity contribution in [2.75, 3.05) is 20.8 Å². The van der Waals surface area contributed by atoms with Crippen LogP contribution in [0.1, 0.15) is 29.7 Å². The molecule has 34 heavy (non-hydrogen) atoms. The number of hydrogen-bond donors (Lipinski definition) is 1. The average Bonchev–Trinajstić information content (AvgIpc) is 3.32. The zero-order valence-corrected chi connectivity index (χ0v) is 20.5. The Balaban J connectivity index is 1.63. The molecule has 0 saturated heterocycles. The maximum absolute atomic E-state index is 13.3. The Bertz CT molecular complexity index is 1400. The zero-order chi connectivity index (χ0) is 24.2. The summed E-state index contributed by atoms with van der Waals surface area (Å²) in [7, 11) is 3.13. The fourth-order valence-electron chi connectivity index (χ4n) is 3.65. The monoisotopic (exact) mass is 498 g/mol. The first-order chi connectivity index (χ1) is 16.4. The van der Waals surface area contributed by atoms with E-state index in [1.54, 1.807) is 48.8 Å². The quantitative estimate of drug-likeness (QED) is 0.376. The number of H-pyrrole nitrogens is 1. The third-order valence-corrected chi connectivity index (χ3v) is 6.31. The van der Waals surface area contributed by atoms with E-state index in [9.17, 15) is 9.59 Å². The Hall–Kier alpha value is -3.43. The van der Waals surface area contributed by atoms with Crippen molar-refractivity contribution in [2.45, 2.75) is 19.9 Å². The zero-order valence-electron chi connectivity index (χ0n) is 18.9. The Labute approximate surface area is 205 Å². The van der Waals surface area contributed by atoms with Gasteiger partial charge in [0.1, 0.15) is 16.5 Å². The molecule has 176 valence electrons. The van der Waals surface area contributed by atoms with E-state index in [0.29, 0.717) is 50.5 Å². The van der Waals surface area contributed by atoms with E-state index in [-0.39, 0.29) is 18.0 Å². The number of thiazole rings is 1. The van der Waals surface area contributed by atoms with Crippen LogP contribution in [0.5, 0.6) is 11.5 Å². The van der Waals surface area contributed by atoms with E-state index in [2.05, 4.69) is 15.0 Å². The van der Waals surface area contributed by atoms with Crippen molar-refractivity contribution in [3.8, 4) is 22.1 Å². The predicted molar refractivity (Wildman–Crippen MR) is 133 cm³/mol. The van der Waals surface area contributed by atoms with Gasteiger partial charge in [0, 0.05) is 16.9 Å². The summed E-state index contributed by atoms with van der Waals surface area (Å²) in [5.41, 5.74) is 1.26. The van der Waals surface area contributed by atoms with Gasteiger partial charge in [-0.3, -0.25) is 9.59 Å². The molecule has 0 aliphatic heterocycles. The SMILES string of the molecule is CCCN(Cc1nc2cc(Cl)ccc2c(=O)[nH]1)C(=O)c1csc(-c2cccc(OC)c2OC)n1. The number of carbonyl (C=O) groups is 1. The Morgan fingerprint density at radius 3 is 2.74 bits per heavy atom. The molecule has 4 rings (SSSR count). The summed E-state index contributed by atoms with van der Waals surface area (Å²) in [6.07, 6.45) is 0.732. The van der Waals surface area contributed by atoms with Crippen LogP contribution < -0.4 is 15.0 Å². The van der Waals surface area contributed by atoms with Crippen LogP contribution in [0.15, 0.2) is 46.6 Å². The summed E-state index contributed by atoms with van der Waals surface area (Å²) in [5, 5.41) is 3.29. The molecule has 0 unspecified atom stereocenters. The molecule has 0 bridgehead atoms. The molecule has 2 heterocycles. The number of nitrogens with one attached hydrogen (secondary N) is 1. The number of para-hydroxylation sites is 1. The van der Waals surface area contributed by atoms with Gasteiger partial charge in [0.25, 0.3) is 11.5 Å². The summed E-state index contributed by atoms with van der Waals surface area (Å²) < 4.78 is 10.9. The lowest BCUT2D eigenvalue weighted by Gasteiger charge is -2.20. The molecule has 4 aromatic rings. The summed E-state index contributed by atoms with van der Waals surface area (Å²) >= 11 is 7.41. The van der Waals surface area contributed by atoms with Crippen molar-refractivity contribution < 1.29 is 14.3 Å². The van der Waals surface area contributed by atoms with Crippen molar-refractivity contribution in [3.63, 3.8) is 0 Å². The molecule has 0 saturated carbocycles.